The van der Waals surface area contributed by atoms with Crippen molar-refractivity contribution >= 4 is 28.7 Å². The largest absolute Gasteiger partial charge is 0.490 e. The molecular weight excluding hydrogens is 536 g/mol. The van der Waals surface area contributed by atoms with Gasteiger partial charge in [-0.3, -0.25) is 4.79 Å². The lowest BCUT2D eigenvalue weighted by Crippen LogP contribution is -2.37. The smallest absolute Gasteiger partial charge is 0.475 e. The molecule has 8 nitrogen and oxygen atoms in total. The van der Waals surface area contributed by atoms with E-state index in [4.69, 9.17) is 19.8 Å². The molecule has 216 valence electrons. The van der Waals surface area contributed by atoms with E-state index >= 15 is 0 Å². The van der Waals surface area contributed by atoms with E-state index in [1.165, 1.54) is 22.2 Å². The Balaban J connectivity index is 0.000000317. The van der Waals surface area contributed by atoms with Crippen LogP contribution in [0.5, 0.6) is 0 Å². The van der Waals surface area contributed by atoms with Gasteiger partial charge in [0, 0.05) is 61.3 Å². The summed E-state index contributed by atoms with van der Waals surface area (Å²) in [4.78, 5) is 32.8. The van der Waals surface area contributed by atoms with Crippen molar-refractivity contribution in [3.63, 3.8) is 0 Å². The second kappa shape index (κ2) is 13.0. The highest BCUT2D eigenvalue weighted by Gasteiger charge is 2.38. The summed E-state index contributed by atoms with van der Waals surface area (Å²) < 4.78 is 65.8. The number of carbonyl (C=O) groups is 3. The van der Waals surface area contributed by atoms with Crippen LogP contribution in [0, 0.1) is 5.92 Å². The van der Waals surface area contributed by atoms with E-state index < -0.39 is 24.3 Å². The number of hydrogen-bond acceptors (Lipinski definition) is 4. The number of nitrogens with zero attached hydrogens (tertiary/aromatic N) is 2. The van der Waals surface area contributed by atoms with Crippen LogP contribution < -0.4 is 5.32 Å². The Hall–Kier alpha value is -3.55. The molecule has 2 aromatic rings. The molecule has 3 N–H and O–H groups in total. The number of carbonyl (C=O) groups excluding carboxylic acids is 1. The minimum Gasteiger partial charge on any atom is -0.475 e. The molecule has 2 aliphatic heterocycles. The minimum absolute atomic E-state index is 0.183. The molecule has 0 saturated carbocycles. The Morgan fingerprint density at radius 3 is 2.08 bits per heavy atom. The van der Waals surface area contributed by atoms with Crippen LogP contribution >= 0.6 is 0 Å². The van der Waals surface area contributed by atoms with E-state index in [1.807, 2.05) is 17.0 Å². The number of nitrogens with one attached hydrogen (secondary N) is 1. The van der Waals surface area contributed by atoms with Gasteiger partial charge in [-0.05, 0) is 42.5 Å². The number of carboxylic acid groups (broad SMARTS) is 2. The Bertz CT molecular complexity index is 1170. The molecule has 14 heteroatoms. The monoisotopic (exact) mass is 565 g/mol. The molecule has 1 aromatic carbocycles. The van der Waals surface area contributed by atoms with Crippen LogP contribution in [-0.2, 0) is 29.1 Å². The number of aromatic nitrogens is 1. The number of rotatable bonds is 3. The van der Waals surface area contributed by atoms with Crippen molar-refractivity contribution in [2.24, 2.45) is 5.92 Å². The Kier molecular flexibility index (Phi) is 10.6. The van der Waals surface area contributed by atoms with Crippen LogP contribution in [0.4, 0.5) is 26.3 Å². The van der Waals surface area contributed by atoms with Crippen LogP contribution in [0.3, 0.4) is 0 Å². The van der Waals surface area contributed by atoms with E-state index in [1.54, 1.807) is 0 Å². The molecule has 0 atom stereocenters. The van der Waals surface area contributed by atoms with Crippen molar-refractivity contribution in [1.82, 2.24) is 14.8 Å². The maximum Gasteiger partial charge on any atom is 0.490 e. The Morgan fingerprint density at radius 2 is 1.59 bits per heavy atom. The first-order valence-corrected chi connectivity index (χ1v) is 11.9. The molecule has 1 fully saturated rings. The average molecular weight is 566 g/mol. The molecule has 0 radical (unpaired) electrons. The lowest BCUT2D eigenvalue weighted by molar-refractivity contribution is -0.193. The summed E-state index contributed by atoms with van der Waals surface area (Å²) in [5.41, 5.74) is 4.79. The van der Waals surface area contributed by atoms with Crippen molar-refractivity contribution < 1.29 is 50.9 Å². The van der Waals surface area contributed by atoms with Crippen molar-refractivity contribution in [3.8, 4) is 0 Å². The fourth-order valence-corrected chi connectivity index (χ4v) is 4.25. The number of benzene rings is 1. The Morgan fingerprint density at radius 1 is 1.05 bits per heavy atom. The van der Waals surface area contributed by atoms with Gasteiger partial charge in [0.2, 0.25) is 0 Å². The number of allylic oxidation sites excluding steroid dienone is 1. The quantitative estimate of drug-likeness (QED) is 0.370. The minimum atomic E-state index is -5.08. The number of aliphatic carboxylic acids is 2. The van der Waals surface area contributed by atoms with Gasteiger partial charge in [-0.25, -0.2) is 9.59 Å². The highest BCUT2D eigenvalue weighted by Crippen LogP contribution is 2.30. The van der Waals surface area contributed by atoms with Crippen molar-refractivity contribution in [3.05, 3.63) is 47.7 Å². The average Bonchev–Trinajstić information content (AvgIpc) is 3.17. The van der Waals surface area contributed by atoms with Crippen LogP contribution in [0.1, 0.15) is 41.4 Å². The van der Waals surface area contributed by atoms with Gasteiger partial charge in [0.1, 0.15) is 0 Å². The van der Waals surface area contributed by atoms with Gasteiger partial charge in [-0.2, -0.15) is 26.3 Å². The number of likely N-dealkylation sites (tertiary alicyclic amines) is 1. The second-order valence-corrected chi connectivity index (χ2v) is 9.06. The maximum absolute atomic E-state index is 12.9. The van der Waals surface area contributed by atoms with Crippen molar-refractivity contribution in [2.45, 2.75) is 51.6 Å². The standard InChI is InChI=1S/C21H27N3O.2C2HF3O2/c1-3-10-24-19-5-4-16(21(25)23-11-7-15(2)8-12-23)13-17(19)18-14-22-9-6-20(18)24;2*3-2(4,5)1(6)7/h3-5,13,15,22H,1,6-12,14H2,2H3;2*(H,6,7). The summed E-state index contributed by atoms with van der Waals surface area (Å²) in [6.07, 6.45) is -4.95. The number of amides is 1. The number of hydrogen-bond donors (Lipinski definition) is 3. The zero-order valence-corrected chi connectivity index (χ0v) is 21.0. The first kappa shape index (κ1) is 31.7. The summed E-state index contributed by atoms with van der Waals surface area (Å²) in [5, 5.41) is 18.9. The van der Waals surface area contributed by atoms with Crippen molar-refractivity contribution in [2.75, 3.05) is 19.6 Å². The van der Waals surface area contributed by atoms with Gasteiger partial charge in [0.15, 0.2) is 0 Å². The Labute approximate surface area is 219 Å². The highest BCUT2D eigenvalue weighted by molar-refractivity contribution is 5.99. The van der Waals surface area contributed by atoms with E-state index in [2.05, 4.69) is 35.5 Å². The second-order valence-electron chi connectivity index (χ2n) is 9.06. The topological polar surface area (TPSA) is 112 Å². The first-order valence-electron chi connectivity index (χ1n) is 11.9. The lowest BCUT2D eigenvalue weighted by Gasteiger charge is -2.30. The van der Waals surface area contributed by atoms with Crippen LogP contribution in [0.15, 0.2) is 30.9 Å². The molecule has 3 heterocycles. The predicted octanol–water partition coefficient (Wildman–Crippen LogP) is 4.61. The molecular formula is C25H29F6N3O5. The fraction of sp³-hybridized carbons (Fsp3) is 0.480. The van der Waals surface area contributed by atoms with E-state index in [9.17, 15) is 31.1 Å². The number of alkyl halides is 6. The molecule has 1 aromatic heterocycles. The third-order valence-corrected chi connectivity index (χ3v) is 6.24. The summed E-state index contributed by atoms with van der Waals surface area (Å²) in [7, 11) is 0. The predicted molar refractivity (Wildman–Crippen MR) is 129 cm³/mol. The molecule has 0 aliphatic carbocycles. The van der Waals surface area contributed by atoms with Crippen LogP contribution in [0.2, 0.25) is 0 Å². The van der Waals surface area contributed by atoms with E-state index in [0.29, 0.717) is 0 Å². The van der Waals surface area contributed by atoms with E-state index in [-0.39, 0.29) is 5.91 Å². The molecule has 0 bridgehead atoms. The third kappa shape index (κ3) is 8.47. The van der Waals surface area contributed by atoms with Gasteiger partial charge < -0.3 is 25.0 Å². The zero-order valence-electron chi connectivity index (χ0n) is 21.0. The number of piperidine rings is 1. The van der Waals surface area contributed by atoms with Crippen molar-refractivity contribution in [1.29, 1.82) is 0 Å². The van der Waals surface area contributed by atoms with E-state index in [0.717, 1.165) is 63.5 Å². The molecule has 39 heavy (non-hydrogen) atoms. The molecule has 1 saturated heterocycles. The van der Waals surface area contributed by atoms with Crippen LogP contribution in [-0.4, -0.2) is 69.5 Å². The van der Waals surface area contributed by atoms with Gasteiger partial charge in [0.25, 0.3) is 5.91 Å². The molecule has 0 unspecified atom stereocenters. The van der Waals surface area contributed by atoms with Gasteiger partial charge in [-0.15, -0.1) is 6.58 Å². The van der Waals surface area contributed by atoms with Crippen LogP contribution in [0.25, 0.3) is 10.9 Å². The molecule has 4 rings (SSSR count). The third-order valence-electron chi connectivity index (χ3n) is 6.24. The zero-order chi connectivity index (χ0) is 29.5. The summed E-state index contributed by atoms with van der Waals surface area (Å²) in [5.74, 6) is -4.60. The number of fused-ring (bicyclic) bond motifs is 3. The summed E-state index contributed by atoms with van der Waals surface area (Å²) in [6, 6.07) is 6.24. The van der Waals surface area contributed by atoms with Gasteiger partial charge >= 0.3 is 24.3 Å². The van der Waals surface area contributed by atoms with Gasteiger partial charge in [0.05, 0.1) is 0 Å². The molecule has 2 aliphatic rings. The molecule has 1 amide bonds. The maximum atomic E-state index is 12.9. The normalized spacial score (nSPS) is 15.8. The highest BCUT2D eigenvalue weighted by atomic mass is 19.4. The number of halogens is 6. The van der Waals surface area contributed by atoms with Gasteiger partial charge in [-0.1, -0.05) is 13.0 Å². The summed E-state index contributed by atoms with van der Waals surface area (Å²) in [6.45, 7) is 10.7. The lowest BCUT2D eigenvalue weighted by atomic mass is 9.98. The SMILES string of the molecule is C=CCn1c2c(c3cc(C(=O)N4CCC(C)CC4)ccc31)CNCC2.O=C(O)C(F)(F)F.O=C(O)C(F)(F)F. The first-order chi connectivity index (χ1) is 18.1. The number of carboxylic acids is 2. The summed E-state index contributed by atoms with van der Waals surface area (Å²) >= 11 is 0. The fourth-order valence-electron chi connectivity index (χ4n) is 4.25. The molecule has 0 spiro atoms.